The predicted molar refractivity (Wildman–Crippen MR) is 73.9 cm³/mol. The van der Waals surface area contributed by atoms with Gasteiger partial charge >= 0.3 is 0 Å². The first-order valence-electron chi connectivity index (χ1n) is 6.88. The van der Waals surface area contributed by atoms with Gasteiger partial charge in [-0.25, -0.2) is 0 Å². The van der Waals surface area contributed by atoms with Crippen LogP contribution >= 0.6 is 0 Å². The lowest BCUT2D eigenvalue weighted by Crippen LogP contribution is -2.45. The molecule has 0 N–H and O–H groups in total. The van der Waals surface area contributed by atoms with E-state index in [9.17, 15) is 10.1 Å². The van der Waals surface area contributed by atoms with Gasteiger partial charge in [0.2, 0.25) is 0 Å². The number of hydrogen-bond acceptors (Lipinski definition) is 5. The fraction of sp³-hybridized carbons (Fsp3) is 0.571. The molecule has 0 unspecified atom stereocenters. The molecule has 6 nitrogen and oxygen atoms in total. The Kier molecular flexibility index (Phi) is 3.35. The molecule has 1 aromatic rings. The van der Waals surface area contributed by atoms with E-state index in [1.807, 2.05) is 24.0 Å². The molecule has 0 radical (unpaired) electrons. The number of benzene rings is 1. The zero-order valence-electron chi connectivity index (χ0n) is 11.5. The lowest BCUT2D eigenvalue weighted by molar-refractivity contribution is -0.384. The molecule has 0 amide bonds. The maximum Gasteiger partial charge on any atom is 0.292 e. The topological polar surface area (TPSA) is 64.8 Å². The Labute approximate surface area is 117 Å². The fourth-order valence-electron chi connectivity index (χ4n) is 2.92. The number of anilines is 1. The largest absolute Gasteiger partial charge is 0.366 e. The highest BCUT2D eigenvalue weighted by Gasteiger charge is 2.40. The van der Waals surface area contributed by atoms with Crippen LogP contribution in [0.1, 0.15) is 18.4 Å². The van der Waals surface area contributed by atoms with E-state index in [0.717, 1.165) is 18.4 Å². The molecular weight excluding hydrogens is 260 g/mol. The van der Waals surface area contributed by atoms with Gasteiger partial charge in [-0.1, -0.05) is 6.07 Å². The molecule has 2 aliphatic heterocycles. The summed E-state index contributed by atoms with van der Waals surface area (Å²) < 4.78 is 11.4. The van der Waals surface area contributed by atoms with Gasteiger partial charge in [-0.15, -0.1) is 0 Å². The van der Waals surface area contributed by atoms with Crippen LogP contribution in [0.4, 0.5) is 11.4 Å². The number of aryl methyl sites for hydroxylation is 1. The van der Waals surface area contributed by atoms with Crippen molar-refractivity contribution in [2.24, 2.45) is 0 Å². The average molecular weight is 278 g/mol. The first kappa shape index (κ1) is 13.3. The maximum absolute atomic E-state index is 11.2. The summed E-state index contributed by atoms with van der Waals surface area (Å²) in [6.45, 7) is 4.57. The standard InChI is InChI=1S/C14H18N2O4/c1-11-2-3-12(13(10-11)16(17)18)15-6-4-14(5-7-15)19-8-9-20-14/h2-3,10H,4-9H2,1H3. The van der Waals surface area contributed by atoms with Crippen molar-refractivity contribution in [1.82, 2.24) is 0 Å². The van der Waals surface area contributed by atoms with Crippen molar-refractivity contribution < 1.29 is 14.4 Å². The molecule has 0 bridgehead atoms. The zero-order chi connectivity index (χ0) is 14.2. The second-order valence-corrected chi connectivity index (χ2v) is 5.34. The minimum atomic E-state index is -0.448. The van der Waals surface area contributed by atoms with Crippen LogP contribution in [0.15, 0.2) is 18.2 Å². The quantitative estimate of drug-likeness (QED) is 0.613. The Balaban J connectivity index is 1.79. The number of ether oxygens (including phenoxy) is 2. The van der Waals surface area contributed by atoms with Gasteiger partial charge in [0.05, 0.1) is 18.1 Å². The molecule has 0 saturated carbocycles. The Hall–Kier alpha value is -1.66. The van der Waals surface area contributed by atoms with E-state index < -0.39 is 5.79 Å². The first-order valence-corrected chi connectivity index (χ1v) is 6.88. The summed E-state index contributed by atoms with van der Waals surface area (Å²) in [6.07, 6.45) is 1.50. The first-order chi connectivity index (χ1) is 9.60. The molecule has 2 heterocycles. The highest BCUT2D eigenvalue weighted by atomic mass is 16.7. The van der Waals surface area contributed by atoms with Crippen molar-refractivity contribution in [3.05, 3.63) is 33.9 Å². The number of nitrogens with zero attached hydrogens (tertiary/aromatic N) is 2. The van der Waals surface area contributed by atoms with Crippen molar-refractivity contribution in [2.45, 2.75) is 25.6 Å². The predicted octanol–water partition coefficient (Wildman–Crippen LogP) is 2.25. The van der Waals surface area contributed by atoms with E-state index in [-0.39, 0.29) is 10.6 Å². The summed E-state index contributed by atoms with van der Waals surface area (Å²) in [5.74, 6) is -0.448. The minimum Gasteiger partial charge on any atom is -0.366 e. The van der Waals surface area contributed by atoms with Crippen LogP contribution in [-0.2, 0) is 9.47 Å². The molecule has 2 fully saturated rings. The molecule has 20 heavy (non-hydrogen) atoms. The summed E-state index contributed by atoms with van der Waals surface area (Å²) in [5, 5.41) is 11.2. The van der Waals surface area contributed by atoms with Crippen LogP contribution in [0, 0.1) is 17.0 Å². The Bertz CT molecular complexity index is 516. The van der Waals surface area contributed by atoms with Crippen molar-refractivity contribution in [3.8, 4) is 0 Å². The second-order valence-electron chi connectivity index (χ2n) is 5.34. The fourth-order valence-corrected chi connectivity index (χ4v) is 2.92. The van der Waals surface area contributed by atoms with Gasteiger partial charge < -0.3 is 14.4 Å². The van der Waals surface area contributed by atoms with Gasteiger partial charge in [-0.3, -0.25) is 10.1 Å². The Morgan fingerprint density at radius 2 is 1.90 bits per heavy atom. The molecule has 0 aliphatic carbocycles. The van der Waals surface area contributed by atoms with E-state index in [1.54, 1.807) is 6.07 Å². The summed E-state index contributed by atoms with van der Waals surface area (Å²) >= 11 is 0. The molecule has 2 aliphatic rings. The maximum atomic E-state index is 11.2. The van der Waals surface area contributed by atoms with Gasteiger partial charge in [0.1, 0.15) is 5.69 Å². The summed E-state index contributed by atoms with van der Waals surface area (Å²) in [4.78, 5) is 12.9. The third kappa shape index (κ3) is 2.36. The number of rotatable bonds is 2. The van der Waals surface area contributed by atoms with Crippen LogP contribution in [0.5, 0.6) is 0 Å². The lowest BCUT2D eigenvalue weighted by Gasteiger charge is -2.38. The number of piperidine rings is 1. The van der Waals surface area contributed by atoms with Gasteiger partial charge in [-0.05, 0) is 18.6 Å². The zero-order valence-corrected chi connectivity index (χ0v) is 11.5. The average Bonchev–Trinajstić information content (AvgIpc) is 2.88. The highest BCUT2D eigenvalue weighted by Crippen LogP contribution is 2.36. The molecule has 1 aromatic carbocycles. The lowest BCUT2D eigenvalue weighted by atomic mass is 10.0. The Morgan fingerprint density at radius 1 is 1.25 bits per heavy atom. The molecule has 108 valence electrons. The van der Waals surface area contributed by atoms with Crippen LogP contribution in [0.25, 0.3) is 0 Å². The number of hydrogen-bond donors (Lipinski definition) is 0. The van der Waals surface area contributed by atoms with E-state index in [4.69, 9.17) is 9.47 Å². The van der Waals surface area contributed by atoms with E-state index in [1.165, 1.54) is 0 Å². The molecule has 6 heteroatoms. The molecule has 2 saturated heterocycles. The van der Waals surface area contributed by atoms with E-state index >= 15 is 0 Å². The van der Waals surface area contributed by atoms with Gasteiger partial charge in [-0.2, -0.15) is 0 Å². The summed E-state index contributed by atoms with van der Waals surface area (Å²) in [7, 11) is 0. The van der Waals surface area contributed by atoms with Crippen LogP contribution in [0.2, 0.25) is 0 Å². The van der Waals surface area contributed by atoms with Crippen molar-refractivity contribution >= 4 is 11.4 Å². The van der Waals surface area contributed by atoms with Crippen molar-refractivity contribution in [1.29, 1.82) is 0 Å². The third-order valence-electron chi connectivity index (χ3n) is 4.01. The molecule has 1 spiro atoms. The minimum absolute atomic E-state index is 0.175. The van der Waals surface area contributed by atoms with E-state index in [2.05, 4.69) is 0 Å². The molecule has 0 aromatic heterocycles. The van der Waals surface area contributed by atoms with Gasteiger partial charge in [0.25, 0.3) is 5.69 Å². The smallest absolute Gasteiger partial charge is 0.292 e. The summed E-state index contributed by atoms with van der Waals surface area (Å²) in [6, 6.07) is 5.37. The van der Waals surface area contributed by atoms with Crippen LogP contribution in [0.3, 0.4) is 0 Å². The third-order valence-corrected chi connectivity index (χ3v) is 4.01. The van der Waals surface area contributed by atoms with Crippen LogP contribution in [-0.4, -0.2) is 37.0 Å². The van der Waals surface area contributed by atoms with Crippen molar-refractivity contribution in [2.75, 3.05) is 31.2 Å². The summed E-state index contributed by atoms with van der Waals surface area (Å²) in [5.41, 5.74) is 1.76. The monoisotopic (exact) mass is 278 g/mol. The SMILES string of the molecule is Cc1ccc(N2CCC3(CC2)OCCO3)c([N+](=O)[O-])c1. The molecular formula is C14H18N2O4. The second kappa shape index (κ2) is 5.03. The van der Waals surface area contributed by atoms with Crippen molar-refractivity contribution in [3.63, 3.8) is 0 Å². The number of nitro benzene ring substituents is 1. The molecule has 0 atom stereocenters. The Morgan fingerprint density at radius 3 is 2.50 bits per heavy atom. The normalized spacial score (nSPS) is 21.4. The molecule has 3 rings (SSSR count). The number of nitro groups is 1. The van der Waals surface area contributed by atoms with E-state index in [0.29, 0.717) is 32.0 Å². The van der Waals surface area contributed by atoms with Crippen LogP contribution < -0.4 is 4.90 Å². The highest BCUT2D eigenvalue weighted by molar-refractivity contribution is 5.64. The van der Waals surface area contributed by atoms with Gasteiger partial charge in [0, 0.05) is 32.0 Å². The van der Waals surface area contributed by atoms with Gasteiger partial charge in [0.15, 0.2) is 5.79 Å².